The Morgan fingerprint density at radius 2 is 2.19 bits per heavy atom. The summed E-state index contributed by atoms with van der Waals surface area (Å²) in [5.41, 5.74) is 5.61. The summed E-state index contributed by atoms with van der Waals surface area (Å²) in [6.07, 6.45) is 4.53. The molecular formula is C10H10N4O2. The molecule has 0 aromatic carbocycles. The third-order valence-corrected chi connectivity index (χ3v) is 1.85. The Morgan fingerprint density at radius 1 is 1.31 bits per heavy atom. The summed E-state index contributed by atoms with van der Waals surface area (Å²) in [6, 6.07) is 3.51. The highest BCUT2D eigenvalue weighted by molar-refractivity contribution is 5.52. The molecule has 0 aliphatic heterocycles. The predicted octanol–water partition coefficient (Wildman–Crippen LogP) is 1.25. The maximum atomic E-state index is 5.61. The van der Waals surface area contributed by atoms with Gasteiger partial charge in [-0.15, -0.1) is 0 Å². The third-order valence-electron chi connectivity index (χ3n) is 1.85. The summed E-state index contributed by atoms with van der Waals surface area (Å²) in [5, 5.41) is 0. The number of nitrogens with zero attached hydrogens (tertiary/aromatic N) is 3. The molecule has 2 aromatic rings. The minimum absolute atomic E-state index is 0.233. The monoisotopic (exact) mass is 218 g/mol. The topological polar surface area (TPSA) is 83.2 Å². The molecule has 0 aliphatic rings. The molecule has 2 heterocycles. The van der Waals surface area contributed by atoms with E-state index in [2.05, 4.69) is 15.0 Å². The molecule has 0 atom stereocenters. The fourth-order valence-corrected chi connectivity index (χ4v) is 1.15. The first kappa shape index (κ1) is 10.2. The summed E-state index contributed by atoms with van der Waals surface area (Å²) < 4.78 is 10.5. The summed E-state index contributed by atoms with van der Waals surface area (Å²) in [5.74, 6) is 1.37. The van der Waals surface area contributed by atoms with Gasteiger partial charge in [-0.2, -0.15) is 4.98 Å². The van der Waals surface area contributed by atoms with Gasteiger partial charge in [-0.3, -0.25) is 4.98 Å². The van der Waals surface area contributed by atoms with Crippen molar-refractivity contribution in [2.75, 3.05) is 12.8 Å². The normalized spacial score (nSPS) is 9.81. The third kappa shape index (κ3) is 2.00. The van der Waals surface area contributed by atoms with E-state index in [1.807, 2.05) is 0 Å². The van der Waals surface area contributed by atoms with E-state index in [4.69, 9.17) is 15.2 Å². The number of hydrogen-bond donors (Lipinski definition) is 1. The molecule has 0 bridgehead atoms. The van der Waals surface area contributed by atoms with Crippen molar-refractivity contribution in [3.8, 4) is 17.4 Å². The summed E-state index contributed by atoms with van der Waals surface area (Å²) in [4.78, 5) is 11.7. The standard InChI is InChI=1S/C10H10N4O2/c1-15-8-9(11)13-6-14-10(8)16-7-3-2-4-12-5-7/h2-6H,1H3,(H2,11,13,14). The Kier molecular flexibility index (Phi) is 2.81. The van der Waals surface area contributed by atoms with Crippen LogP contribution in [0.5, 0.6) is 17.4 Å². The van der Waals surface area contributed by atoms with Crippen LogP contribution < -0.4 is 15.2 Å². The lowest BCUT2D eigenvalue weighted by molar-refractivity contribution is 0.369. The van der Waals surface area contributed by atoms with E-state index in [-0.39, 0.29) is 11.7 Å². The van der Waals surface area contributed by atoms with Crippen LogP contribution in [-0.4, -0.2) is 22.1 Å². The quantitative estimate of drug-likeness (QED) is 0.834. The van der Waals surface area contributed by atoms with Gasteiger partial charge in [-0.05, 0) is 12.1 Å². The fraction of sp³-hybridized carbons (Fsp3) is 0.100. The van der Waals surface area contributed by atoms with E-state index in [1.54, 1.807) is 24.5 Å². The maximum absolute atomic E-state index is 5.61. The Labute approximate surface area is 92.1 Å². The highest BCUT2D eigenvalue weighted by Crippen LogP contribution is 2.31. The van der Waals surface area contributed by atoms with Crippen LogP contribution in [-0.2, 0) is 0 Å². The van der Waals surface area contributed by atoms with Crippen LogP contribution >= 0.6 is 0 Å². The molecule has 82 valence electrons. The molecule has 2 rings (SSSR count). The van der Waals surface area contributed by atoms with Crippen molar-refractivity contribution in [2.24, 2.45) is 0 Å². The predicted molar refractivity (Wildman–Crippen MR) is 57.3 cm³/mol. The molecule has 0 unspecified atom stereocenters. The first-order valence-corrected chi connectivity index (χ1v) is 4.53. The van der Waals surface area contributed by atoms with Gasteiger partial charge in [0.2, 0.25) is 5.75 Å². The number of hydrogen-bond acceptors (Lipinski definition) is 6. The summed E-state index contributed by atoms with van der Waals surface area (Å²) in [6.45, 7) is 0. The Balaban J connectivity index is 2.31. The molecule has 0 radical (unpaired) electrons. The van der Waals surface area contributed by atoms with Crippen LogP contribution in [0.15, 0.2) is 30.9 Å². The first-order chi connectivity index (χ1) is 7.81. The molecule has 16 heavy (non-hydrogen) atoms. The molecule has 2 N–H and O–H groups in total. The Morgan fingerprint density at radius 3 is 2.88 bits per heavy atom. The lowest BCUT2D eigenvalue weighted by Crippen LogP contribution is -2.00. The largest absolute Gasteiger partial charge is 0.489 e. The van der Waals surface area contributed by atoms with Crippen LogP contribution in [0, 0.1) is 0 Å². The number of aromatic nitrogens is 3. The zero-order valence-corrected chi connectivity index (χ0v) is 8.62. The second-order valence-electron chi connectivity index (χ2n) is 2.89. The van der Waals surface area contributed by atoms with E-state index in [9.17, 15) is 0 Å². The van der Waals surface area contributed by atoms with Crippen LogP contribution in [0.3, 0.4) is 0 Å². The second kappa shape index (κ2) is 4.43. The summed E-state index contributed by atoms with van der Waals surface area (Å²) in [7, 11) is 1.48. The molecule has 6 nitrogen and oxygen atoms in total. The Bertz CT molecular complexity index is 476. The van der Waals surface area contributed by atoms with Crippen molar-refractivity contribution in [1.29, 1.82) is 0 Å². The molecule has 2 aromatic heterocycles. The number of rotatable bonds is 3. The average Bonchev–Trinajstić information content (AvgIpc) is 2.31. The molecule has 6 heteroatoms. The van der Waals surface area contributed by atoms with E-state index >= 15 is 0 Å². The number of anilines is 1. The number of nitrogens with two attached hydrogens (primary N) is 1. The molecule has 0 aliphatic carbocycles. The van der Waals surface area contributed by atoms with E-state index in [1.165, 1.54) is 13.4 Å². The van der Waals surface area contributed by atoms with Crippen molar-refractivity contribution in [1.82, 2.24) is 15.0 Å². The number of pyridine rings is 1. The highest BCUT2D eigenvalue weighted by Gasteiger charge is 2.11. The van der Waals surface area contributed by atoms with Gasteiger partial charge >= 0.3 is 0 Å². The Hall–Kier alpha value is -2.37. The minimum Gasteiger partial charge on any atom is -0.489 e. The van der Waals surface area contributed by atoms with Crippen molar-refractivity contribution < 1.29 is 9.47 Å². The van der Waals surface area contributed by atoms with Crippen LogP contribution in [0.1, 0.15) is 0 Å². The maximum Gasteiger partial charge on any atom is 0.268 e. The van der Waals surface area contributed by atoms with Gasteiger partial charge in [0.1, 0.15) is 12.1 Å². The van der Waals surface area contributed by atoms with E-state index < -0.39 is 0 Å². The number of ether oxygens (including phenoxy) is 2. The van der Waals surface area contributed by atoms with E-state index in [0.29, 0.717) is 11.5 Å². The first-order valence-electron chi connectivity index (χ1n) is 4.53. The molecule has 0 fully saturated rings. The van der Waals surface area contributed by atoms with Crippen LogP contribution in [0.2, 0.25) is 0 Å². The van der Waals surface area contributed by atoms with Crippen LogP contribution in [0.4, 0.5) is 5.82 Å². The van der Waals surface area contributed by atoms with Gasteiger partial charge in [0.15, 0.2) is 5.82 Å². The zero-order valence-electron chi connectivity index (χ0n) is 8.62. The van der Waals surface area contributed by atoms with Crippen molar-refractivity contribution in [2.45, 2.75) is 0 Å². The molecule has 0 spiro atoms. The molecule has 0 saturated heterocycles. The minimum atomic E-state index is 0.233. The van der Waals surface area contributed by atoms with Crippen molar-refractivity contribution in [3.05, 3.63) is 30.9 Å². The fourth-order valence-electron chi connectivity index (χ4n) is 1.15. The van der Waals surface area contributed by atoms with Gasteiger partial charge in [0.25, 0.3) is 5.88 Å². The van der Waals surface area contributed by atoms with Gasteiger partial charge in [0, 0.05) is 6.20 Å². The van der Waals surface area contributed by atoms with Gasteiger partial charge in [0.05, 0.1) is 13.3 Å². The number of nitrogen functional groups attached to an aromatic ring is 1. The SMILES string of the molecule is COc1c(N)ncnc1Oc1cccnc1. The van der Waals surface area contributed by atoms with Gasteiger partial charge < -0.3 is 15.2 Å². The smallest absolute Gasteiger partial charge is 0.268 e. The lowest BCUT2D eigenvalue weighted by atomic mass is 10.4. The van der Waals surface area contributed by atoms with Gasteiger partial charge in [-0.25, -0.2) is 4.98 Å². The van der Waals surface area contributed by atoms with Crippen molar-refractivity contribution >= 4 is 5.82 Å². The molecular weight excluding hydrogens is 208 g/mol. The zero-order chi connectivity index (χ0) is 11.4. The molecule has 0 saturated carbocycles. The van der Waals surface area contributed by atoms with Gasteiger partial charge in [-0.1, -0.05) is 0 Å². The highest BCUT2D eigenvalue weighted by atomic mass is 16.5. The van der Waals surface area contributed by atoms with E-state index in [0.717, 1.165) is 0 Å². The number of methoxy groups -OCH3 is 1. The average molecular weight is 218 g/mol. The summed E-state index contributed by atoms with van der Waals surface area (Å²) >= 11 is 0. The van der Waals surface area contributed by atoms with Crippen LogP contribution in [0.25, 0.3) is 0 Å². The van der Waals surface area contributed by atoms with Crippen molar-refractivity contribution in [3.63, 3.8) is 0 Å². The lowest BCUT2D eigenvalue weighted by Gasteiger charge is -2.09. The molecule has 0 amide bonds. The second-order valence-corrected chi connectivity index (χ2v) is 2.89.